The minimum atomic E-state index is -0.0487. The maximum absolute atomic E-state index is 6.42. The van der Waals surface area contributed by atoms with Gasteiger partial charge in [-0.05, 0) is 62.6 Å². The monoisotopic (exact) mass is 304 g/mol. The molecule has 0 radical (unpaired) electrons. The van der Waals surface area contributed by atoms with Gasteiger partial charge in [0.2, 0.25) is 0 Å². The Kier molecular flexibility index (Phi) is 4.00. The summed E-state index contributed by atoms with van der Waals surface area (Å²) >= 11 is 6.42. The van der Waals surface area contributed by atoms with E-state index in [1.165, 1.54) is 30.3 Å². The first-order valence-electron chi connectivity index (χ1n) is 8.10. The highest BCUT2D eigenvalue weighted by Crippen LogP contribution is 2.40. The Bertz CT molecular complexity index is 644. The van der Waals surface area contributed by atoms with Crippen molar-refractivity contribution in [3.63, 3.8) is 0 Å². The fraction of sp³-hybridized carbons (Fsp3) is 0.611. The van der Waals surface area contributed by atoms with Gasteiger partial charge in [-0.3, -0.25) is 0 Å². The number of halogens is 1. The van der Waals surface area contributed by atoms with Gasteiger partial charge < -0.3 is 4.57 Å². The number of imidazole rings is 1. The van der Waals surface area contributed by atoms with E-state index in [0.29, 0.717) is 6.04 Å². The summed E-state index contributed by atoms with van der Waals surface area (Å²) in [4.78, 5) is 4.82. The molecule has 1 aromatic carbocycles. The molecule has 1 fully saturated rings. The Morgan fingerprint density at radius 3 is 2.67 bits per heavy atom. The van der Waals surface area contributed by atoms with Gasteiger partial charge >= 0.3 is 0 Å². The molecule has 1 heterocycles. The van der Waals surface area contributed by atoms with Crippen molar-refractivity contribution in [2.75, 3.05) is 0 Å². The molecule has 0 amide bonds. The normalized spacial score (nSPS) is 28.0. The average molecular weight is 305 g/mol. The molecule has 1 aromatic heterocycles. The van der Waals surface area contributed by atoms with Crippen LogP contribution in [0.3, 0.4) is 0 Å². The number of hydrogen-bond donors (Lipinski definition) is 0. The van der Waals surface area contributed by atoms with Gasteiger partial charge in [0.25, 0.3) is 0 Å². The number of aryl methyl sites for hydroxylation is 1. The molecule has 2 aromatic rings. The molecular weight excluding hydrogens is 280 g/mol. The number of hydrogen-bond acceptors (Lipinski definition) is 1. The SMILES string of the molecule is Cc1ccc2c(c1)nc(C(C)Cl)n2C1CCC(C)C(C)C1. The van der Waals surface area contributed by atoms with E-state index >= 15 is 0 Å². The molecule has 1 aliphatic carbocycles. The van der Waals surface area contributed by atoms with Gasteiger partial charge in [0.1, 0.15) is 5.82 Å². The van der Waals surface area contributed by atoms with Gasteiger partial charge in [-0.15, -0.1) is 11.6 Å². The summed E-state index contributed by atoms with van der Waals surface area (Å²) in [6, 6.07) is 7.10. The van der Waals surface area contributed by atoms with Gasteiger partial charge in [-0.1, -0.05) is 19.9 Å². The quantitative estimate of drug-likeness (QED) is 0.656. The van der Waals surface area contributed by atoms with Crippen molar-refractivity contribution in [1.82, 2.24) is 9.55 Å². The summed E-state index contributed by atoms with van der Waals surface area (Å²) in [7, 11) is 0. The minimum absolute atomic E-state index is 0.0487. The van der Waals surface area contributed by atoms with Crippen molar-refractivity contribution in [3.8, 4) is 0 Å². The van der Waals surface area contributed by atoms with Crippen LogP contribution in [0.4, 0.5) is 0 Å². The molecule has 4 atom stereocenters. The van der Waals surface area contributed by atoms with Crippen LogP contribution in [-0.2, 0) is 0 Å². The zero-order chi connectivity index (χ0) is 15.1. The van der Waals surface area contributed by atoms with Crippen molar-refractivity contribution < 1.29 is 0 Å². The summed E-state index contributed by atoms with van der Waals surface area (Å²) < 4.78 is 2.43. The number of rotatable bonds is 2. The zero-order valence-corrected chi connectivity index (χ0v) is 14.2. The number of nitrogens with zero attached hydrogens (tertiary/aromatic N) is 2. The Hall–Kier alpha value is -1.02. The highest BCUT2D eigenvalue weighted by Gasteiger charge is 2.29. The van der Waals surface area contributed by atoms with Crippen LogP contribution in [0.1, 0.15) is 62.8 Å². The lowest BCUT2D eigenvalue weighted by atomic mass is 9.79. The van der Waals surface area contributed by atoms with E-state index in [1.807, 2.05) is 6.92 Å². The van der Waals surface area contributed by atoms with Gasteiger partial charge in [-0.2, -0.15) is 0 Å². The first-order chi connectivity index (χ1) is 9.97. The maximum atomic E-state index is 6.42. The number of fused-ring (bicyclic) bond motifs is 1. The van der Waals surface area contributed by atoms with Crippen molar-refractivity contribution >= 4 is 22.6 Å². The molecule has 0 spiro atoms. The van der Waals surface area contributed by atoms with Crippen LogP contribution in [0, 0.1) is 18.8 Å². The van der Waals surface area contributed by atoms with E-state index in [-0.39, 0.29) is 5.38 Å². The van der Waals surface area contributed by atoms with Crippen LogP contribution < -0.4 is 0 Å². The summed E-state index contributed by atoms with van der Waals surface area (Å²) in [6.07, 6.45) is 3.77. The number of aromatic nitrogens is 2. The molecular formula is C18H25ClN2. The molecule has 21 heavy (non-hydrogen) atoms. The highest BCUT2D eigenvalue weighted by molar-refractivity contribution is 6.20. The van der Waals surface area contributed by atoms with Crippen LogP contribution in [0.25, 0.3) is 11.0 Å². The fourth-order valence-corrected chi connectivity index (χ4v) is 3.80. The van der Waals surface area contributed by atoms with Crippen LogP contribution in [0.5, 0.6) is 0 Å². The lowest BCUT2D eigenvalue weighted by Gasteiger charge is -2.34. The van der Waals surface area contributed by atoms with Crippen molar-refractivity contribution in [2.24, 2.45) is 11.8 Å². The standard InChI is InChI=1S/C18H25ClN2/c1-11-5-8-17-16(9-11)20-18(14(4)19)21(17)15-7-6-12(2)13(3)10-15/h5,8-9,12-15H,6-7,10H2,1-4H3. The van der Waals surface area contributed by atoms with Gasteiger partial charge in [-0.25, -0.2) is 4.98 Å². The van der Waals surface area contributed by atoms with Crippen molar-refractivity contribution in [3.05, 3.63) is 29.6 Å². The second kappa shape index (κ2) is 5.64. The molecule has 4 unspecified atom stereocenters. The second-order valence-electron chi connectivity index (χ2n) is 6.87. The summed E-state index contributed by atoms with van der Waals surface area (Å²) in [5, 5.41) is -0.0487. The molecule has 2 nitrogen and oxygen atoms in total. The maximum Gasteiger partial charge on any atom is 0.127 e. The second-order valence-corrected chi connectivity index (χ2v) is 7.52. The van der Waals surface area contributed by atoms with Gasteiger partial charge in [0.15, 0.2) is 0 Å². The number of benzene rings is 1. The van der Waals surface area contributed by atoms with E-state index in [0.717, 1.165) is 23.2 Å². The minimum Gasteiger partial charge on any atom is -0.324 e. The van der Waals surface area contributed by atoms with Crippen molar-refractivity contribution in [1.29, 1.82) is 0 Å². The lowest BCUT2D eigenvalue weighted by Crippen LogP contribution is -2.24. The molecule has 0 N–H and O–H groups in total. The van der Waals surface area contributed by atoms with E-state index in [1.54, 1.807) is 0 Å². The van der Waals surface area contributed by atoms with Crippen molar-refractivity contribution in [2.45, 2.75) is 58.4 Å². The first kappa shape index (κ1) is 14.9. The molecule has 0 saturated heterocycles. The van der Waals surface area contributed by atoms with E-state index < -0.39 is 0 Å². The van der Waals surface area contributed by atoms with E-state index in [2.05, 4.69) is 43.5 Å². The molecule has 1 aliphatic rings. The zero-order valence-electron chi connectivity index (χ0n) is 13.4. The third-order valence-corrected chi connectivity index (χ3v) is 5.36. The summed E-state index contributed by atoms with van der Waals surface area (Å²) in [5.41, 5.74) is 3.59. The summed E-state index contributed by atoms with van der Waals surface area (Å²) in [5.74, 6) is 2.63. The molecule has 3 heteroatoms. The van der Waals surface area contributed by atoms with E-state index in [4.69, 9.17) is 16.6 Å². The Morgan fingerprint density at radius 1 is 1.24 bits per heavy atom. The predicted molar refractivity (Wildman–Crippen MR) is 90.0 cm³/mol. The third kappa shape index (κ3) is 2.70. The van der Waals surface area contributed by atoms with E-state index in [9.17, 15) is 0 Å². The Morgan fingerprint density at radius 2 is 2.00 bits per heavy atom. The van der Waals surface area contributed by atoms with Crippen LogP contribution in [-0.4, -0.2) is 9.55 Å². The van der Waals surface area contributed by atoms with Crippen LogP contribution in [0.15, 0.2) is 18.2 Å². The first-order valence-corrected chi connectivity index (χ1v) is 8.53. The molecule has 114 valence electrons. The molecule has 1 saturated carbocycles. The van der Waals surface area contributed by atoms with Crippen LogP contribution in [0.2, 0.25) is 0 Å². The smallest absolute Gasteiger partial charge is 0.127 e. The topological polar surface area (TPSA) is 17.8 Å². The molecule has 0 bridgehead atoms. The lowest BCUT2D eigenvalue weighted by molar-refractivity contribution is 0.211. The van der Waals surface area contributed by atoms with Gasteiger partial charge in [0.05, 0.1) is 16.4 Å². The van der Waals surface area contributed by atoms with Crippen LogP contribution >= 0.6 is 11.6 Å². The molecule has 0 aliphatic heterocycles. The Balaban J connectivity index is 2.09. The highest BCUT2D eigenvalue weighted by atomic mass is 35.5. The largest absolute Gasteiger partial charge is 0.324 e. The summed E-state index contributed by atoms with van der Waals surface area (Å²) in [6.45, 7) is 8.90. The Labute approximate surface area is 132 Å². The predicted octanol–water partition coefficient (Wildman–Crippen LogP) is 5.64. The fourth-order valence-electron chi connectivity index (χ4n) is 3.65. The van der Waals surface area contributed by atoms with Gasteiger partial charge in [0, 0.05) is 6.04 Å². The molecule has 3 rings (SSSR count). The third-order valence-electron chi connectivity index (χ3n) is 5.16. The average Bonchev–Trinajstić information content (AvgIpc) is 2.80. The number of alkyl halides is 1.